The van der Waals surface area contributed by atoms with Crippen molar-refractivity contribution in [3.63, 3.8) is 0 Å². The summed E-state index contributed by atoms with van der Waals surface area (Å²) in [6, 6.07) is 39.8. The molecule has 64 heavy (non-hydrogen) atoms. The van der Waals surface area contributed by atoms with Crippen LogP contribution in [0, 0.1) is 5.41 Å². The molecular weight excluding hydrogens is 859 g/mol. The summed E-state index contributed by atoms with van der Waals surface area (Å²) in [4.78, 5) is 72.7. The van der Waals surface area contributed by atoms with Gasteiger partial charge in [-0.15, -0.1) is 34.0 Å². The van der Waals surface area contributed by atoms with Crippen LogP contribution < -0.4 is 32.2 Å². The molecule has 0 aliphatic rings. The topological polar surface area (TPSA) is 139 Å². The first-order valence-electron chi connectivity index (χ1n) is 20.6. The molecule has 0 radical (unpaired) electrons. The molecule has 0 saturated carbocycles. The minimum absolute atomic E-state index is 0.0107. The van der Waals surface area contributed by atoms with Crippen LogP contribution in [0.25, 0.3) is 60.5 Å². The predicted octanol–water partition coefficient (Wildman–Crippen LogP) is 11.6. The number of fused-ring (bicyclic) bond motifs is 6. The third-order valence-corrected chi connectivity index (χ3v) is 13.7. The van der Waals surface area contributed by atoms with Crippen LogP contribution >= 0.6 is 34.0 Å². The van der Waals surface area contributed by atoms with Gasteiger partial charge in [-0.1, -0.05) is 84.0 Å². The molecule has 0 bridgehead atoms. The van der Waals surface area contributed by atoms with Gasteiger partial charge in [-0.2, -0.15) is 0 Å². The Bertz CT molecular complexity index is 3470. The maximum atomic E-state index is 12.7. The highest BCUT2D eigenvalue weighted by atomic mass is 32.1. The van der Waals surface area contributed by atoms with E-state index >= 15 is 0 Å². The Morgan fingerprint density at radius 3 is 1.25 bits per heavy atom. The lowest BCUT2D eigenvalue weighted by atomic mass is 9.86. The van der Waals surface area contributed by atoms with Crippen molar-refractivity contribution in [1.29, 1.82) is 0 Å². The van der Waals surface area contributed by atoms with Gasteiger partial charge in [0, 0.05) is 84.2 Å². The number of hydrogen-bond donors (Lipinski definition) is 3. The highest BCUT2D eigenvalue weighted by Gasteiger charge is 2.21. The Morgan fingerprint density at radius 2 is 0.844 bits per heavy atom. The Hall–Kier alpha value is -6.60. The van der Waals surface area contributed by atoms with Crippen LogP contribution in [0.1, 0.15) is 54.0 Å². The van der Waals surface area contributed by atoms with Crippen LogP contribution in [0.2, 0.25) is 0 Å². The number of carbonyl (C=O) groups excluding carboxylic acids is 3. The first kappa shape index (κ1) is 45.4. The fourth-order valence-corrected chi connectivity index (χ4v) is 10.0. The molecule has 6 aromatic carbocycles. The van der Waals surface area contributed by atoms with E-state index in [1.807, 2.05) is 84.9 Å². The average molecular weight is 906 g/mol. The van der Waals surface area contributed by atoms with Gasteiger partial charge in [0.2, 0.25) is 17.7 Å². The molecule has 0 aliphatic heterocycles. The first-order chi connectivity index (χ1) is 30.4. The summed E-state index contributed by atoms with van der Waals surface area (Å²) in [5.74, 6) is -0.670. The molecule has 0 atom stereocenters. The van der Waals surface area contributed by atoms with E-state index in [1.54, 1.807) is 79.0 Å². The van der Waals surface area contributed by atoms with Gasteiger partial charge in [0.15, 0.2) is 16.3 Å². The van der Waals surface area contributed by atoms with Crippen LogP contribution in [0.4, 0.5) is 11.4 Å². The van der Waals surface area contributed by atoms with Crippen molar-refractivity contribution in [3.05, 3.63) is 164 Å². The second-order valence-corrected chi connectivity index (χ2v) is 20.6. The summed E-state index contributed by atoms with van der Waals surface area (Å²) in [5, 5.41) is 12.3. The first-order valence-corrected chi connectivity index (χ1v) is 23.1. The Morgan fingerprint density at radius 1 is 0.469 bits per heavy atom. The molecule has 3 heterocycles. The highest BCUT2D eigenvalue weighted by molar-refractivity contribution is 7.25. The largest absolute Gasteiger partial charge is 0.347 e. The van der Waals surface area contributed by atoms with Crippen molar-refractivity contribution in [2.75, 3.05) is 17.2 Å². The van der Waals surface area contributed by atoms with Gasteiger partial charge < -0.3 is 16.0 Å². The zero-order valence-corrected chi connectivity index (χ0v) is 39.0. The van der Waals surface area contributed by atoms with E-state index in [2.05, 4.69) is 54.9 Å². The highest BCUT2D eigenvalue weighted by Crippen LogP contribution is 2.30. The number of anilines is 2. The van der Waals surface area contributed by atoms with E-state index < -0.39 is 5.41 Å². The molecule has 324 valence electrons. The second kappa shape index (κ2) is 18.6. The van der Waals surface area contributed by atoms with Gasteiger partial charge in [0.25, 0.3) is 0 Å². The smallest absolute Gasteiger partial charge is 0.243 e. The number of benzene rings is 6. The van der Waals surface area contributed by atoms with Crippen molar-refractivity contribution in [1.82, 2.24) is 5.32 Å². The number of hydrogen-bond acceptors (Lipinski definition) is 9. The van der Waals surface area contributed by atoms with Crippen molar-refractivity contribution < 1.29 is 14.4 Å². The van der Waals surface area contributed by atoms with Crippen LogP contribution in [0.15, 0.2) is 142 Å². The van der Waals surface area contributed by atoms with Gasteiger partial charge >= 0.3 is 0 Å². The lowest BCUT2D eigenvalue weighted by Gasteiger charge is -2.19. The number of amides is 3. The zero-order chi connectivity index (χ0) is 45.9. The maximum absolute atomic E-state index is 12.7. The van der Waals surface area contributed by atoms with E-state index in [1.165, 1.54) is 12.5 Å². The SMILES string of the molecule is CC(=O)Nc1ccc2sc3ccccc3c(=O)c2c1.CC(C)(C)C(=O)NCC(=O)Nc1ccc2sc3ccccc3c(=O)c2c1.CC(C)(C)c1ccc2sc3ccccc3c(=O)c2c1. The minimum atomic E-state index is -0.552. The Kier molecular flexibility index (Phi) is 13.2. The van der Waals surface area contributed by atoms with Crippen LogP contribution in [0.3, 0.4) is 0 Å². The molecule has 12 heteroatoms. The zero-order valence-electron chi connectivity index (χ0n) is 36.5. The molecule has 9 rings (SSSR count). The van der Waals surface area contributed by atoms with E-state index in [-0.39, 0.29) is 46.0 Å². The van der Waals surface area contributed by atoms with E-state index in [0.717, 1.165) is 44.4 Å². The molecule has 3 amide bonds. The normalized spacial score (nSPS) is 11.5. The van der Waals surface area contributed by atoms with E-state index in [4.69, 9.17) is 0 Å². The molecule has 9 nitrogen and oxygen atoms in total. The van der Waals surface area contributed by atoms with E-state index in [0.29, 0.717) is 27.5 Å². The van der Waals surface area contributed by atoms with Gasteiger partial charge in [-0.25, -0.2) is 0 Å². The number of carbonyl (C=O) groups is 3. The van der Waals surface area contributed by atoms with E-state index in [9.17, 15) is 28.8 Å². The predicted molar refractivity (Wildman–Crippen MR) is 271 cm³/mol. The standard InChI is InChI=1S/C20H20N2O3S.C17H16OS.C15H11NO2S/c1-20(2,3)19(25)21-11-17(23)22-12-8-9-16-14(10-12)18(24)13-6-4-5-7-15(13)26-16;1-17(2,3)11-8-9-15-13(10-11)16(18)12-6-4-5-7-14(12)19-15;1-9(17)16-10-6-7-14-12(8-10)15(18)11-4-2-3-5-13(11)19-14/h4-10H,11H2,1-3H3,(H,21,25)(H,22,23);4-10H,1-3H3;2-8H,1H3,(H,16,17). The molecule has 0 saturated heterocycles. The molecule has 3 N–H and O–H groups in total. The minimum Gasteiger partial charge on any atom is -0.347 e. The van der Waals surface area contributed by atoms with Crippen LogP contribution in [-0.2, 0) is 19.8 Å². The summed E-state index contributed by atoms with van der Waals surface area (Å²) in [6.07, 6.45) is 0. The third-order valence-electron chi connectivity index (χ3n) is 10.3. The monoisotopic (exact) mass is 905 g/mol. The molecule has 0 aliphatic carbocycles. The van der Waals surface area contributed by atoms with Crippen molar-refractivity contribution in [3.8, 4) is 0 Å². The summed E-state index contributed by atoms with van der Waals surface area (Å²) in [5.41, 5.74) is 2.02. The van der Waals surface area contributed by atoms with Crippen LogP contribution in [-0.4, -0.2) is 24.3 Å². The van der Waals surface area contributed by atoms with Gasteiger partial charge in [-0.05, 0) is 95.9 Å². The molecule has 9 aromatic rings. The van der Waals surface area contributed by atoms with Crippen molar-refractivity contribution >= 4 is 124 Å². The lowest BCUT2D eigenvalue weighted by Crippen LogP contribution is -2.39. The summed E-state index contributed by atoms with van der Waals surface area (Å²) in [7, 11) is 0. The third kappa shape index (κ3) is 10.3. The maximum Gasteiger partial charge on any atom is 0.243 e. The fraction of sp³-hybridized carbons (Fsp3) is 0.192. The Balaban J connectivity index is 0.000000146. The van der Waals surface area contributed by atoms with Gasteiger partial charge in [-0.3, -0.25) is 28.8 Å². The molecule has 3 aromatic heterocycles. The fourth-order valence-electron chi connectivity index (χ4n) is 6.87. The summed E-state index contributed by atoms with van der Waals surface area (Å²) >= 11 is 4.81. The van der Waals surface area contributed by atoms with Crippen molar-refractivity contribution in [2.45, 2.75) is 53.9 Å². The molecule has 0 unspecified atom stereocenters. The average Bonchev–Trinajstić information content (AvgIpc) is 3.26. The van der Waals surface area contributed by atoms with Crippen molar-refractivity contribution in [2.24, 2.45) is 5.41 Å². The summed E-state index contributed by atoms with van der Waals surface area (Å²) in [6.45, 7) is 13.2. The van der Waals surface area contributed by atoms with Gasteiger partial charge in [0.1, 0.15) is 0 Å². The number of rotatable bonds is 4. The second-order valence-electron chi connectivity index (χ2n) is 17.3. The molecular formula is C52H47N3O6S3. The quantitative estimate of drug-likeness (QED) is 0.150. The Labute approximate surface area is 381 Å². The summed E-state index contributed by atoms with van der Waals surface area (Å²) < 4.78 is 5.84. The number of nitrogens with one attached hydrogen (secondary N) is 3. The molecule has 0 fully saturated rings. The van der Waals surface area contributed by atoms with Crippen LogP contribution in [0.5, 0.6) is 0 Å². The lowest BCUT2D eigenvalue weighted by molar-refractivity contribution is -0.130. The van der Waals surface area contributed by atoms with Gasteiger partial charge in [0.05, 0.1) is 6.54 Å². The molecule has 0 spiro atoms.